The van der Waals surface area contributed by atoms with Crippen molar-refractivity contribution in [2.75, 3.05) is 39.3 Å². The summed E-state index contributed by atoms with van der Waals surface area (Å²) in [5.41, 5.74) is 1.16. The van der Waals surface area contributed by atoms with Crippen LogP contribution in [-0.2, 0) is 16.1 Å². The summed E-state index contributed by atoms with van der Waals surface area (Å²) in [6.07, 6.45) is 0. The van der Waals surface area contributed by atoms with E-state index in [1.54, 1.807) is 0 Å². The largest absolute Gasteiger partial charge is 0.376 e. The predicted molar refractivity (Wildman–Crippen MR) is 104 cm³/mol. The molecule has 1 aromatic rings. The Hall–Kier alpha value is -2.61. The van der Waals surface area contributed by atoms with Crippen LogP contribution in [0.3, 0.4) is 0 Å². The second kappa shape index (κ2) is 11.2. The molecule has 0 aromatic heterocycles. The number of nitrogens with one attached hydrogen (secondary N) is 3. The second-order valence-corrected chi connectivity index (χ2v) is 6.46. The number of urea groups is 1. The molecule has 148 valence electrons. The quantitative estimate of drug-likeness (QED) is 0.321. The van der Waals surface area contributed by atoms with E-state index < -0.39 is 0 Å². The standard InChI is InChI=1S/C19H29N5O3/c1-3-20-18(21-9-10-24-17(25)12-23-19(24)26)22-11-15(2)13-27-14-16-7-5-4-6-8-16/h4-8,15H,3,9-14H2,1-2H3,(H,23,26)(H2,20,21,22). The van der Waals surface area contributed by atoms with E-state index in [-0.39, 0.29) is 24.4 Å². The summed E-state index contributed by atoms with van der Waals surface area (Å²) >= 11 is 0. The highest BCUT2D eigenvalue weighted by molar-refractivity contribution is 6.01. The molecule has 3 N–H and O–H groups in total. The molecule has 1 fully saturated rings. The molecule has 3 amide bonds. The van der Waals surface area contributed by atoms with Crippen molar-refractivity contribution < 1.29 is 14.3 Å². The second-order valence-electron chi connectivity index (χ2n) is 6.46. The van der Waals surface area contributed by atoms with Crippen LogP contribution >= 0.6 is 0 Å². The number of benzene rings is 1. The number of nitrogens with zero attached hydrogens (tertiary/aromatic N) is 2. The van der Waals surface area contributed by atoms with Crippen molar-refractivity contribution >= 4 is 17.9 Å². The molecular weight excluding hydrogens is 346 g/mol. The first-order valence-electron chi connectivity index (χ1n) is 9.32. The van der Waals surface area contributed by atoms with E-state index in [4.69, 9.17) is 4.74 Å². The number of amides is 3. The zero-order valence-electron chi connectivity index (χ0n) is 16.0. The topological polar surface area (TPSA) is 95.1 Å². The van der Waals surface area contributed by atoms with E-state index in [2.05, 4.69) is 27.9 Å². The number of carbonyl (C=O) groups is 2. The van der Waals surface area contributed by atoms with Gasteiger partial charge in [-0.05, 0) is 18.4 Å². The highest BCUT2D eigenvalue weighted by atomic mass is 16.5. The van der Waals surface area contributed by atoms with Gasteiger partial charge in [0.1, 0.15) is 0 Å². The third-order valence-electron chi connectivity index (χ3n) is 3.98. The monoisotopic (exact) mass is 375 g/mol. The lowest BCUT2D eigenvalue weighted by molar-refractivity contribution is -0.124. The van der Waals surface area contributed by atoms with E-state index in [9.17, 15) is 9.59 Å². The number of aliphatic imine (C=N–C) groups is 1. The van der Waals surface area contributed by atoms with Crippen LogP contribution in [0.15, 0.2) is 35.3 Å². The molecule has 1 aliphatic heterocycles. The number of hydrogen-bond acceptors (Lipinski definition) is 4. The van der Waals surface area contributed by atoms with Gasteiger partial charge in [-0.1, -0.05) is 37.3 Å². The van der Waals surface area contributed by atoms with Gasteiger partial charge >= 0.3 is 6.03 Å². The molecule has 1 aromatic carbocycles. The van der Waals surface area contributed by atoms with Crippen molar-refractivity contribution in [2.24, 2.45) is 10.9 Å². The average molecular weight is 375 g/mol. The Balaban J connectivity index is 1.69. The van der Waals surface area contributed by atoms with Gasteiger partial charge in [0, 0.05) is 26.2 Å². The first kappa shape index (κ1) is 20.7. The van der Waals surface area contributed by atoms with Gasteiger partial charge in [0.2, 0.25) is 5.91 Å². The molecule has 1 atom stereocenters. The van der Waals surface area contributed by atoms with Crippen molar-refractivity contribution in [2.45, 2.75) is 20.5 Å². The predicted octanol–water partition coefficient (Wildman–Crippen LogP) is 0.946. The van der Waals surface area contributed by atoms with E-state index in [0.29, 0.717) is 38.8 Å². The van der Waals surface area contributed by atoms with Crippen LogP contribution in [0.25, 0.3) is 0 Å². The summed E-state index contributed by atoms with van der Waals surface area (Å²) in [5, 5.41) is 8.82. The molecule has 0 saturated carbocycles. The maximum atomic E-state index is 11.6. The molecule has 8 nitrogen and oxygen atoms in total. The fraction of sp³-hybridized carbons (Fsp3) is 0.526. The minimum absolute atomic E-state index is 0.0769. The van der Waals surface area contributed by atoms with Crippen molar-refractivity contribution in [1.29, 1.82) is 0 Å². The number of rotatable bonds is 10. The summed E-state index contributed by atoms with van der Waals surface area (Å²) in [6, 6.07) is 9.73. The molecule has 1 unspecified atom stereocenters. The van der Waals surface area contributed by atoms with E-state index in [0.717, 1.165) is 12.1 Å². The van der Waals surface area contributed by atoms with E-state index in [1.165, 1.54) is 4.90 Å². The van der Waals surface area contributed by atoms with Crippen molar-refractivity contribution in [3.05, 3.63) is 35.9 Å². The highest BCUT2D eigenvalue weighted by Gasteiger charge is 2.27. The fourth-order valence-electron chi connectivity index (χ4n) is 2.56. The summed E-state index contributed by atoms with van der Waals surface area (Å²) in [6.45, 7) is 7.48. The number of guanidine groups is 1. The van der Waals surface area contributed by atoms with Crippen LogP contribution in [0, 0.1) is 5.92 Å². The van der Waals surface area contributed by atoms with E-state index >= 15 is 0 Å². The van der Waals surface area contributed by atoms with E-state index in [1.807, 2.05) is 37.3 Å². The van der Waals surface area contributed by atoms with Gasteiger partial charge in [-0.25, -0.2) is 4.79 Å². The first-order chi connectivity index (χ1) is 13.1. The van der Waals surface area contributed by atoms with Crippen LogP contribution in [0.1, 0.15) is 19.4 Å². The van der Waals surface area contributed by atoms with Crippen LogP contribution in [0.5, 0.6) is 0 Å². The third-order valence-corrected chi connectivity index (χ3v) is 3.98. The number of carbonyl (C=O) groups excluding carboxylic acids is 2. The average Bonchev–Trinajstić information content (AvgIpc) is 2.99. The minimum atomic E-state index is -0.340. The van der Waals surface area contributed by atoms with Gasteiger partial charge in [0.25, 0.3) is 0 Å². The molecule has 1 aliphatic rings. The third kappa shape index (κ3) is 7.26. The molecule has 27 heavy (non-hydrogen) atoms. The Morgan fingerprint density at radius 1 is 1.30 bits per heavy atom. The molecule has 0 bridgehead atoms. The van der Waals surface area contributed by atoms with Crippen LogP contribution < -0.4 is 16.0 Å². The Kier molecular flexibility index (Phi) is 8.57. The molecule has 8 heteroatoms. The molecule has 0 aliphatic carbocycles. The zero-order chi connectivity index (χ0) is 19.5. The summed E-state index contributed by atoms with van der Waals surface area (Å²) in [7, 11) is 0. The fourth-order valence-corrected chi connectivity index (χ4v) is 2.56. The van der Waals surface area contributed by atoms with Crippen molar-refractivity contribution in [3.63, 3.8) is 0 Å². The van der Waals surface area contributed by atoms with Gasteiger partial charge in [0.05, 0.1) is 19.8 Å². The first-order valence-corrected chi connectivity index (χ1v) is 9.32. The maximum Gasteiger partial charge on any atom is 0.324 e. The maximum absolute atomic E-state index is 11.6. The molecule has 0 radical (unpaired) electrons. The Labute approximate surface area is 160 Å². The zero-order valence-corrected chi connectivity index (χ0v) is 16.0. The number of imide groups is 1. The SMILES string of the molecule is CCNC(=NCC(C)COCc1ccccc1)NCCN1C(=O)CNC1=O. The molecule has 2 rings (SSSR count). The highest BCUT2D eigenvalue weighted by Crippen LogP contribution is 2.03. The van der Waals surface area contributed by atoms with Crippen LogP contribution in [-0.4, -0.2) is 62.1 Å². The van der Waals surface area contributed by atoms with Crippen molar-refractivity contribution in [3.8, 4) is 0 Å². The molecule has 0 spiro atoms. The number of hydrogen-bond donors (Lipinski definition) is 3. The number of ether oxygens (including phenoxy) is 1. The molecule has 1 saturated heterocycles. The van der Waals surface area contributed by atoms with Gasteiger partial charge in [-0.2, -0.15) is 0 Å². The Morgan fingerprint density at radius 3 is 2.74 bits per heavy atom. The van der Waals surface area contributed by atoms with Crippen LogP contribution in [0.4, 0.5) is 4.79 Å². The Bertz CT molecular complexity index is 619. The van der Waals surface area contributed by atoms with Gasteiger partial charge in [-0.15, -0.1) is 0 Å². The normalized spacial score (nSPS) is 15.6. The summed E-state index contributed by atoms with van der Waals surface area (Å²) in [4.78, 5) is 28.8. The minimum Gasteiger partial charge on any atom is -0.376 e. The Morgan fingerprint density at radius 2 is 2.07 bits per heavy atom. The summed E-state index contributed by atoms with van der Waals surface area (Å²) < 4.78 is 5.75. The molecule has 1 heterocycles. The van der Waals surface area contributed by atoms with Gasteiger partial charge in [0.15, 0.2) is 5.96 Å². The lowest BCUT2D eigenvalue weighted by Crippen LogP contribution is -2.43. The van der Waals surface area contributed by atoms with Gasteiger partial charge in [-0.3, -0.25) is 14.7 Å². The lowest BCUT2D eigenvalue weighted by Gasteiger charge is -2.16. The summed E-state index contributed by atoms with van der Waals surface area (Å²) in [5.74, 6) is 0.738. The lowest BCUT2D eigenvalue weighted by atomic mass is 10.2. The van der Waals surface area contributed by atoms with Crippen LogP contribution in [0.2, 0.25) is 0 Å². The van der Waals surface area contributed by atoms with Gasteiger partial charge < -0.3 is 20.7 Å². The smallest absolute Gasteiger partial charge is 0.324 e. The molecular formula is C19H29N5O3. The van der Waals surface area contributed by atoms with Crippen molar-refractivity contribution in [1.82, 2.24) is 20.9 Å².